The first-order valence-corrected chi connectivity index (χ1v) is 6.73. The number of carbonyl (C=O) groups is 3. The van der Waals surface area contributed by atoms with Crippen molar-refractivity contribution in [2.45, 2.75) is 0 Å². The molecule has 2 aromatic rings. The number of hydrogen-bond acceptors (Lipinski definition) is 5. The molecule has 0 aliphatic carbocycles. The Hall–Kier alpha value is -3.48. The molecule has 0 saturated carbocycles. The average molecular weight is 308 g/mol. The summed E-state index contributed by atoms with van der Waals surface area (Å²) in [5.41, 5.74) is 7.65. The minimum Gasteiger partial charge on any atom is -0.398 e. The number of hydrogen-bond donors (Lipinski definition) is 3. The average Bonchev–Trinajstić information content (AvgIpc) is 2.87. The predicted molar refractivity (Wildman–Crippen MR) is 83.2 cm³/mol. The smallest absolute Gasteiger partial charge is 0.326 e. The van der Waals surface area contributed by atoms with Gasteiger partial charge in [0.25, 0.3) is 5.91 Å². The molecule has 23 heavy (non-hydrogen) atoms. The Kier molecular flexibility index (Phi) is 3.60. The second kappa shape index (κ2) is 5.72. The normalized spacial score (nSPS) is 15.4. The van der Waals surface area contributed by atoms with Gasteiger partial charge < -0.3 is 11.1 Å². The zero-order valence-electron chi connectivity index (χ0n) is 11.9. The van der Waals surface area contributed by atoms with Crippen LogP contribution in [-0.2, 0) is 4.79 Å². The standard InChI is InChI=1S/C16H12N4O3/c17-12-4-3-9(14(21)10-2-1-5-18-8-10)6-11(12)7-13-15(22)20-16(23)19-13/h1-8H,17H2,(H2,19,20,22,23)/b13-7-. The fraction of sp³-hybridized carbons (Fsp3) is 0. The fourth-order valence-corrected chi connectivity index (χ4v) is 2.14. The van der Waals surface area contributed by atoms with Gasteiger partial charge in [-0.2, -0.15) is 0 Å². The second-order valence-corrected chi connectivity index (χ2v) is 4.88. The monoisotopic (exact) mass is 308 g/mol. The van der Waals surface area contributed by atoms with Crippen molar-refractivity contribution in [1.29, 1.82) is 0 Å². The Morgan fingerprint density at radius 3 is 2.61 bits per heavy atom. The number of nitrogens with zero attached hydrogens (tertiary/aromatic N) is 1. The van der Waals surface area contributed by atoms with Gasteiger partial charge >= 0.3 is 6.03 Å². The van der Waals surface area contributed by atoms with Crippen molar-refractivity contribution in [1.82, 2.24) is 15.6 Å². The van der Waals surface area contributed by atoms with Crippen LogP contribution < -0.4 is 16.4 Å². The van der Waals surface area contributed by atoms with Gasteiger partial charge in [0.05, 0.1) is 0 Å². The number of nitrogens with two attached hydrogens (primary N) is 1. The molecule has 1 aromatic heterocycles. The number of aromatic nitrogens is 1. The van der Waals surface area contributed by atoms with Gasteiger partial charge in [0, 0.05) is 34.8 Å². The van der Waals surface area contributed by atoms with Crippen LogP contribution in [0.2, 0.25) is 0 Å². The summed E-state index contributed by atoms with van der Waals surface area (Å²) in [5, 5.41) is 4.47. The van der Waals surface area contributed by atoms with E-state index in [0.717, 1.165) is 0 Å². The molecular weight excluding hydrogens is 296 g/mol. The first kappa shape index (κ1) is 14.5. The maximum Gasteiger partial charge on any atom is 0.326 e. The predicted octanol–water partition coefficient (Wildman–Crippen LogP) is 1.08. The van der Waals surface area contributed by atoms with Crippen LogP contribution in [0.25, 0.3) is 6.08 Å². The Morgan fingerprint density at radius 2 is 1.96 bits per heavy atom. The van der Waals surface area contributed by atoms with Gasteiger partial charge in [-0.3, -0.25) is 19.9 Å². The zero-order chi connectivity index (χ0) is 16.4. The quantitative estimate of drug-likeness (QED) is 0.340. The number of urea groups is 1. The summed E-state index contributed by atoms with van der Waals surface area (Å²) in [6.45, 7) is 0. The number of rotatable bonds is 3. The van der Waals surface area contributed by atoms with Gasteiger partial charge in [-0.1, -0.05) is 0 Å². The SMILES string of the molecule is Nc1ccc(C(=O)c2cccnc2)cc1/C=C1\NC(=O)NC1=O. The molecule has 4 N–H and O–H groups in total. The molecule has 0 radical (unpaired) electrons. The van der Waals surface area contributed by atoms with E-state index >= 15 is 0 Å². The lowest BCUT2D eigenvalue weighted by molar-refractivity contribution is -0.115. The fourth-order valence-electron chi connectivity index (χ4n) is 2.14. The lowest BCUT2D eigenvalue weighted by Gasteiger charge is -2.06. The maximum absolute atomic E-state index is 12.4. The Labute approximate surface area is 131 Å². The number of imide groups is 1. The largest absolute Gasteiger partial charge is 0.398 e. The molecule has 0 bridgehead atoms. The number of nitrogen functional groups attached to an aromatic ring is 1. The van der Waals surface area contributed by atoms with Crippen molar-refractivity contribution in [2.75, 3.05) is 5.73 Å². The van der Waals surface area contributed by atoms with Crippen molar-refractivity contribution in [3.63, 3.8) is 0 Å². The topological polar surface area (TPSA) is 114 Å². The van der Waals surface area contributed by atoms with Crippen molar-refractivity contribution in [2.24, 2.45) is 0 Å². The highest BCUT2D eigenvalue weighted by atomic mass is 16.2. The molecular formula is C16H12N4O3. The van der Waals surface area contributed by atoms with Crippen molar-refractivity contribution < 1.29 is 14.4 Å². The summed E-state index contributed by atoms with van der Waals surface area (Å²) >= 11 is 0. The molecule has 1 aromatic carbocycles. The summed E-state index contributed by atoms with van der Waals surface area (Å²) in [7, 11) is 0. The summed E-state index contributed by atoms with van der Waals surface area (Å²) in [6.07, 6.45) is 4.48. The molecule has 0 spiro atoms. The van der Waals surface area contributed by atoms with Crippen LogP contribution in [0.15, 0.2) is 48.4 Å². The number of nitrogens with one attached hydrogen (secondary N) is 2. The molecule has 0 atom stereocenters. The Balaban J connectivity index is 1.97. The van der Waals surface area contributed by atoms with Crippen molar-refractivity contribution >= 4 is 29.5 Å². The van der Waals surface area contributed by atoms with Crippen LogP contribution in [0, 0.1) is 0 Å². The summed E-state index contributed by atoms with van der Waals surface area (Å²) in [4.78, 5) is 39.0. The molecule has 7 nitrogen and oxygen atoms in total. The molecule has 1 aliphatic rings. The number of amides is 3. The van der Waals surface area contributed by atoms with E-state index in [-0.39, 0.29) is 11.5 Å². The van der Waals surface area contributed by atoms with E-state index in [1.54, 1.807) is 36.5 Å². The van der Waals surface area contributed by atoms with E-state index in [4.69, 9.17) is 5.73 Å². The van der Waals surface area contributed by atoms with Gasteiger partial charge in [-0.15, -0.1) is 0 Å². The van der Waals surface area contributed by atoms with E-state index in [1.807, 2.05) is 0 Å². The lowest BCUT2D eigenvalue weighted by Crippen LogP contribution is -2.22. The third kappa shape index (κ3) is 2.93. The first-order chi connectivity index (χ1) is 11.0. The Bertz CT molecular complexity index is 844. The minimum absolute atomic E-state index is 0.0766. The van der Waals surface area contributed by atoms with Gasteiger partial charge in [0.1, 0.15) is 5.70 Å². The number of anilines is 1. The van der Waals surface area contributed by atoms with Crippen LogP contribution in [0.4, 0.5) is 10.5 Å². The van der Waals surface area contributed by atoms with E-state index < -0.39 is 11.9 Å². The number of carbonyl (C=O) groups excluding carboxylic acids is 3. The van der Waals surface area contributed by atoms with Crippen LogP contribution >= 0.6 is 0 Å². The van der Waals surface area contributed by atoms with Crippen LogP contribution in [0.3, 0.4) is 0 Å². The molecule has 0 unspecified atom stereocenters. The molecule has 3 rings (SSSR count). The molecule has 1 fully saturated rings. The van der Waals surface area contributed by atoms with E-state index in [1.165, 1.54) is 12.3 Å². The second-order valence-electron chi connectivity index (χ2n) is 4.88. The van der Waals surface area contributed by atoms with Crippen LogP contribution in [-0.4, -0.2) is 22.7 Å². The van der Waals surface area contributed by atoms with Gasteiger partial charge in [-0.25, -0.2) is 4.79 Å². The van der Waals surface area contributed by atoms with Gasteiger partial charge in [-0.05, 0) is 36.4 Å². The first-order valence-electron chi connectivity index (χ1n) is 6.73. The molecule has 114 valence electrons. The zero-order valence-corrected chi connectivity index (χ0v) is 11.9. The van der Waals surface area contributed by atoms with E-state index in [0.29, 0.717) is 22.4 Å². The van der Waals surface area contributed by atoms with Gasteiger partial charge in [0.2, 0.25) is 0 Å². The van der Waals surface area contributed by atoms with E-state index in [9.17, 15) is 14.4 Å². The lowest BCUT2D eigenvalue weighted by atomic mass is 10.0. The Morgan fingerprint density at radius 1 is 1.13 bits per heavy atom. The van der Waals surface area contributed by atoms with Crippen LogP contribution in [0.1, 0.15) is 21.5 Å². The van der Waals surface area contributed by atoms with Crippen molar-refractivity contribution in [3.8, 4) is 0 Å². The third-order valence-electron chi connectivity index (χ3n) is 3.29. The van der Waals surface area contributed by atoms with Gasteiger partial charge in [0.15, 0.2) is 5.78 Å². The molecule has 7 heteroatoms. The molecule has 2 heterocycles. The highest BCUT2D eigenvalue weighted by molar-refractivity contribution is 6.14. The maximum atomic E-state index is 12.4. The third-order valence-corrected chi connectivity index (χ3v) is 3.29. The summed E-state index contributed by atoms with van der Waals surface area (Å²) < 4.78 is 0. The molecule has 1 aliphatic heterocycles. The number of pyridine rings is 1. The number of benzene rings is 1. The highest BCUT2D eigenvalue weighted by Crippen LogP contribution is 2.20. The molecule has 3 amide bonds. The minimum atomic E-state index is -0.595. The number of ketones is 1. The van der Waals surface area contributed by atoms with Crippen LogP contribution in [0.5, 0.6) is 0 Å². The van der Waals surface area contributed by atoms with Crippen molar-refractivity contribution in [3.05, 3.63) is 65.1 Å². The summed E-state index contributed by atoms with van der Waals surface area (Å²) in [5.74, 6) is -0.754. The summed E-state index contributed by atoms with van der Waals surface area (Å²) in [6, 6.07) is 7.47. The highest BCUT2D eigenvalue weighted by Gasteiger charge is 2.23. The molecule has 1 saturated heterocycles. The van der Waals surface area contributed by atoms with E-state index in [2.05, 4.69) is 15.6 Å².